The van der Waals surface area contributed by atoms with Crippen molar-refractivity contribution in [2.45, 2.75) is 6.54 Å². The lowest BCUT2D eigenvalue weighted by atomic mass is 10.2. The molecule has 2 rings (SSSR count). The van der Waals surface area contributed by atoms with Crippen molar-refractivity contribution in [1.29, 1.82) is 0 Å². The second-order valence-electron chi connectivity index (χ2n) is 3.44. The van der Waals surface area contributed by atoms with Crippen molar-refractivity contribution in [3.05, 3.63) is 53.3 Å². The van der Waals surface area contributed by atoms with Gasteiger partial charge in [0.05, 0.1) is 11.4 Å². The molecule has 82 valence electrons. The zero-order valence-corrected chi connectivity index (χ0v) is 9.41. The topological polar surface area (TPSA) is 50.9 Å². The van der Waals surface area contributed by atoms with E-state index in [0.29, 0.717) is 17.3 Å². The number of nitrogen functional groups attached to an aromatic ring is 1. The molecule has 0 aliphatic carbocycles. The standard InChI is InChI=1S/C12H12ClN3/c13-10-1-2-12(11(14)7-10)16-8-9-3-5-15-6-4-9/h1-7,16H,8,14H2. The molecule has 2 aromatic rings. The second kappa shape index (κ2) is 4.86. The van der Waals surface area contributed by atoms with Gasteiger partial charge in [-0.2, -0.15) is 0 Å². The number of anilines is 2. The van der Waals surface area contributed by atoms with Crippen molar-refractivity contribution in [1.82, 2.24) is 4.98 Å². The zero-order chi connectivity index (χ0) is 11.4. The fourth-order valence-corrected chi connectivity index (χ4v) is 1.57. The lowest BCUT2D eigenvalue weighted by Gasteiger charge is -2.09. The van der Waals surface area contributed by atoms with Crippen LogP contribution in [-0.4, -0.2) is 4.98 Å². The normalized spacial score (nSPS) is 10.1. The highest BCUT2D eigenvalue weighted by Gasteiger charge is 1.99. The summed E-state index contributed by atoms with van der Waals surface area (Å²) in [6.45, 7) is 0.717. The predicted molar refractivity (Wildman–Crippen MR) is 67.4 cm³/mol. The maximum atomic E-state index is 5.83. The number of nitrogens with one attached hydrogen (secondary N) is 1. The first kappa shape index (κ1) is 10.8. The maximum absolute atomic E-state index is 5.83. The van der Waals surface area contributed by atoms with Gasteiger partial charge in [-0.05, 0) is 35.9 Å². The van der Waals surface area contributed by atoms with E-state index in [1.807, 2.05) is 24.3 Å². The molecule has 0 spiro atoms. The Morgan fingerprint density at radius 1 is 1.19 bits per heavy atom. The van der Waals surface area contributed by atoms with Crippen molar-refractivity contribution >= 4 is 23.0 Å². The number of halogens is 1. The number of nitrogens with two attached hydrogens (primary N) is 1. The Hall–Kier alpha value is -1.74. The van der Waals surface area contributed by atoms with Crippen LogP contribution in [0.2, 0.25) is 5.02 Å². The monoisotopic (exact) mass is 233 g/mol. The fourth-order valence-electron chi connectivity index (χ4n) is 1.39. The highest BCUT2D eigenvalue weighted by Crippen LogP contribution is 2.22. The summed E-state index contributed by atoms with van der Waals surface area (Å²) in [5.74, 6) is 0. The van der Waals surface area contributed by atoms with Crippen LogP contribution in [-0.2, 0) is 6.54 Å². The van der Waals surface area contributed by atoms with Gasteiger partial charge < -0.3 is 11.1 Å². The second-order valence-corrected chi connectivity index (χ2v) is 3.88. The average molecular weight is 234 g/mol. The van der Waals surface area contributed by atoms with Crippen LogP contribution in [0, 0.1) is 0 Å². The molecule has 3 N–H and O–H groups in total. The molecule has 0 saturated heterocycles. The van der Waals surface area contributed by atoms with Gasteiger partial charge >= 0.3 is 0 Å². The number of benzene rings is 1. The SMILES string of the molecule is Nc1cc(Cl)ccc1NCc1ccncc1. The van der Waals surface area contributed by atoms with Crippen molar-refractivity contribution < 1.29 is 0 Å². The summed E-state index contributed by atoms with van der Waals surface area (Å²) in [6.07, 6.45) is 3.53. The summed E-state index contributed by atoms with van der Waals surface area (Å²) in [7, 11) is 0. The molecule has 16 heavy (non-hydrogen) atoms. The zero-order valence-electron chi connectivity index (χ0n) is 8.65. The molecule has 1 aromatic heterocycles. The molecule has 0 bridgehead atoms. The summed E-state index contributed by atoms with van der Waals surface area (Å²) >= 11 is 5.82. The molecule has 3 nitrogen and oxygen atoms in total. The molecule has 0 saturated carbocycles. The van der Waals surface area contributed by atoms with Gasteiger partial charge in [-0.1, -0.05) is 11.6 Å². The highest BCUT2D eigenvalue weighted by atomic mass is 35.5. The van der Waals surface area contributed by atoms with Crippen molar-refractivity contribution in [3.63, 3.8) is 0 Å². The van der Waals surface area contributed by atoms with Gasteiger partial charge in [0.25, 0.3) is 0 Å². The summed E-state index contributed by atoms with van der Waals surface area (Å²) in [6, 6.07) is 9.33. The van der Waals surface area contributed by atoms with Gasteiger partial charge in [-0.25, -0.2) is 0 Å². The molecule has 1 aromatic carbocycles. The number of hydrogen-bond acceptors (Lipinski definition) is 3. The summed E-state index contributed by atoms with van der Waals surface area (Å²) in [4.78, 5) is 3.96. The third-order valence-corrected chi connectivity index (χ3v) is 2.48. The number of rotatable bonds is 3. The minimum Gasteiger partial charge on any atom is -0.397 e. The Bertz CT molecular complexity index is 471. The molecular weight excluding hydrogens is 222 g/mol. The lowest BCUT2D eigenvalue weighted by molar-refractivity contribution is 1.13. The van der Waals surface area contributed by atoms with Crippen molar-refractivity contribution in [2.24, 2.45) is 0 Å². The Kier molecular flexibility index (Phi) is 3.27. The highest BCUT2D eigenvalue weighted by molar-refractivity contribution is 6.31. The first-order valence-electron chi connectivity index (χ1n) is 4.93. The number of pyridine rings is 1. The van der Waals surface area contributed by atoms with Gasteiger partial charge in [0.15, 0.2) is 0 Å². The number of aromatic nitrogens is 1. The molecule has 0 unspecified atom stereocenters. The van der Waals surface area contributed by atoms with Crippen LogP contribution in [0.25, 0.3) is 0 Å². The van der Waals surface area contributed by atoms with Gasteiger partial charge in [0, 0.05) is 24.0 Å². The Labute approximate surface area is 99.3 Å². The van der Waals surface area contributed by atoms with E-state index in [2.05, 4.69) is 10.3 Å². The maximum Gasteiger partial charge on any atom is 0.0577 e. The van der Waals surface area contributed by atoms with Crippen LogP contribution >= 0.6 is 11.6 Å². The lowest BCUT2D eigenvalue weighted by Crippen LogP contribution is -2.02. The van der Waals surface area contributed by atoms with Crippen LogP contribution in [0.3, 0.4) is 0 Å². The molecule has 0 aliphatic heterocycles. The first-order chi connectivity index (χ1) is 7.75. The molecule has 0 aliphatic rings. The Balaban J connectivity index is 2.05. The molecule has 0 fully saturated rings. The number of nitrogens with zero attached hydrogens (tertiary/aromatic N) is 1. The van der Waals surface area contributed by atoms with Crippen LogP contribution in [0.5, 0.6) is 0 Å². The van der Waals surface area contributed by atoms with E-state index in [9.17, 15) is 0 Å². The molecule has 0 amide bonds. The predicted octanol–water partition coefficient (Wildman–Crippen LogP) is 2.93. The first-order valence-corrected chi connectivity index (χ1v) is 5.31. The molecular formula is C12H12ClN3. The molecule has 1 heterocycles. The van der Waals surface area contributed by atoms with Crippen LogP contribution in [0.1, 0.15) is 5.56 Å². The minimum atomic E-state index is 0.645. The van der Waals surface area contributed by atoms with Crippen molar-refractivity contribution in [2.75, 3.05) is 11.1 Å². The van der Waals surface area contributed by atoms with E-state index < -0.39 is 0 Å². The quantitative estimate of drug-likeness (QED) is 0.802. The largest absolute Gasteiger partial charge is 0.397 e. The van der Waals surface area contributed by atoms with Crippen LogP contribution < -0.4 is 11.1 Å². The molecule has 0 atom stereocenters. The summed E-state index contributed by atoms with van der Waals surface area (Å²) in [5, 5.41) is 3.89. The van der Waals surface area contributed by atoms with Gasteiger partial charge in [-0.15, -0.1) is 0 Å². The van der Waals surface area contributed by atoms with Crippen LogP contribution in [0.4, 0.5) is 11.4 Å². The van der Waals surface area contributed by atoms with E-state index in [-0.39, 0.29) is 0 Å². The summed E-state index contributed by atoms with van der Waals surface area (Å²) in [5.41, 5.74) is 8.53. The van der Waals surface area contributed by atoms with Crippen LogP contribution in [0.15, 0.2) is 42.7 Å². The third-order valence-electron chi connectivity index (χ3n) is 2.25. The molecule has 0 radical (unpaired) electrons. The molecule has 4 heteroatoms. The van der Waals surface area contributed by atoms with E-state index in [0.717, 1.165) is 11.3 Å². The number of hydrogen-bond donors (Lipinski definition) is 2. The van der Waals surface area contributed by atoms with Crippen molar-refractivity contribution in [3.8, 4) is 0 Å². The summed E-state index contributed by atoms with van der Waals surface area (Å²) < 4.78 is 0. The Morgan fingerprint density at radius 2 is 1.94 bits per heavy atom. The van der Waals surface area contributed by atoms with Gasteiger partial charge in [0.2, 0.25) is 0 Å². The smallest absolute Gasteiger partial charge is 0.0577 e. The average Bonchev–Trinajstić information content (AvgIpc) is 2.29. The van der Waals surface area contributed by atoms with E-state index in [1.54, 1.807) is 18.5 Å². The van der Waals surface area contributed by atoms with E-state index >= 15 is 0 Å². The minimum absolute atomic E-state index is 0.645. The van der Waals surface area contributed by atoms with E-state index in [4.69, 9.17) is 17.3 Å². The Morgan fingerprint density at radius 3 is 2.62 bits per heavy atom. The third kappa shape index (κ3) is 2.64. The fraction of sp³-hybridized carbons (Fsp3) is 0.0833. The van der Waals surface area contributed by atoms with Gasteiger partial charge in [0.1, 0.15) is 0 Å². The van der Waals surface area contributed by atoms with E-state index in [1.165, 1.54) is 0 Å². The van der Waals surface area contributed by atoms with Gasteiger partial charge in [-0.3, -0.25) is 4.98 Å².